The van der Waals surface area contributed by atoms with E-state index in [9.17, 15) is 4.79 Å². The SMILES string of the molecule is CC1CCNC(C(NC(=O)C2CC(Cn3ccn(C)c3=N)CC(C3CNCCC3C)C2)C2CC2)C1. The molecule has 8 atom stereocenters. The van der Waals surface area contributed by atoms with E-state index in [0.29, 0.717) is 53.2 Å². The standard InChI is InChI=1S/C28H48N6O/c1-18-6-9-31-25(12-18)26(21-4-5-21)32-27(35)23-14-20(17-34-11-10-33(3)28(34)29)13-22(15-23)24-16-30-8-7-19(24)2/h10-11,18-26,29-31H,4-9,12-17H2,1-3H3,(H,32,35). The van der Waals surface area contributed by atoms with Crippen LogP contribution in [0.1, 0.15) is 65.2 Å². The number of amides is 1. The molecule has 3 heterocycles. The van der Waals surface area contributed by atoms with Crippen molar-refractivity contribution in [2.75, 3.05) is 19.6 Å². The third-order valence-corrected chi connectivity index (χ3v) is 9.81. The Bertz CT molecular complexity index is 919. The van der Waals surface area contributed by atoms with Gasteiger partial charge in [0.2, 0.25) is 11.5 Å². The highest BCUT2D eigenvalue weighted by atomic mass is 16.2. The highest BCUT2D eigenvalue weighted by Crippen LogP contribution is 2.42. The highest BCUT2D eigenvalue weighted by Gasteiger charge is 2.43. The van der Waals surface area contributed by atoms with E-state index in [0.717, 1.165) is 44.9 Å². The van der Waals surface area contributed by atoms with Crippen molar-refractivity contribution in [3.63, 3.8) is 0 Å². The summed E-state index contributed by atoms with van der Waals surface area (Å²) in [6.07, 6.45) is 13.3. The molecule has 0 radical (unpaired) electrons. The van der Waals surface area contributed by atoms with Gasteiger partial charge in [-0.1, -0.05) is 13.8 Å². The second kappa shape index (κ2) is 10.8. The van der Waals surface area contributed by atoms with E-state index in [4.69, 9.17) is 5.41 Å². The molecular formula is C28H48N6O. The number of carbonyl (C=O) groups is 1. The molecule has 196 valence electrons. The number of hydrogen-bond acceptors (Lipinski definition) is 4. The number of carbonyl (C=O) groups excluding carboxylic acids is 1. The van der Waals surface area contributed by atoms with Gasteiger partial charge in [-0.05, 0) is 107 Å². The van der Waals surface area contributed by atoms with Crippen LogP contribution in [0.3, 0.4) is 0 Å². The molecule has 1 amide bonds. The van der Waals surface area contributed by atoms with Crippen molar-refractivity contribution in [1.82, 2.24) is 25.1 Å². The first-order valence-electron chi connectivity index (χ1n) is 14.4. The van der Waals surface area contributed by atoms with Gasteiger partial charge in [0.1, 0.15) is 0 Å². The summed E-state index contributed by atoms with van der Waals surface area (Å²) in [5, 5.41) is 19.4. The predicted molar refractivity (Wildman–Crippen MR) is 139 cm³/mol. The van der Waals surface area contributed by atoms with Gasteiger partial charge in [-0.15, -0.1) is 0 Å². The topological polar surface area (TPSA) is 86.9 Å². The van der Waals surface area contributed by atoms with Crippen molar-refractivity contribution < 1.29 is 4.79 Å². The second-order valence-corrected chi connectivity index (χ2v) is 12.6. The Hall–Kier alpha value is -1.60. The van der Waals surface area contributed by atoms with Gasteiger partial charge in [-0.25, -0.2) is 0 Å². The van der Waals surface area contributed by atoms with Gasteiger partial charge in [0.15, 0.2) is 0 Å². The first-order chi connectivity index (χ1) is 16.9. The fourth-order valence-electron chi connectivity index (χ4n) is 7.50. The Morgan fingerprint density at radius 2 is 1.94 bits per heavy atom. The summed E-state index contributed by atoms with van der Waals surface area (Å²) in [6, 6.07) is 0.724. The predicted octanol–water partition coefficient (Wildman–Crippen LogP) is 2.87. The van der Waals surface area contributed by atoms with Gasteiger partial charge in [0.05, 0.1) is 0 Å². The number of aryl methyl sites for hydroxylation is 1. The summed E-state index contributed by atoms with van der Waals surface area (Å²) in [4.78, 5) is 13.8. The largest absolute Gasteiger partial charge is 0.351 e. The van der Waals surface area contributed by atoms with Crippen LogP contribution in [0.4, 0.5) is 0 Å². The first-order valence-corrected chi connectivity index (χ1v) is 14.4. The van der Waals surface area contributed by atoms with Gasteiger partial charge < -0.3 is 25.1 Å². The molecule has 5 rings (SSSR count). The van der Waals surface area contributed by atoms with E-state index in [-0.39, 0.29) is 5.92 Å². The fourth-order valence-corrected chi connectivity index (χ4v) is 7.50. The highest BCUT2D eigenvalue weighted by molar-refractivity contribution is 5.79. The van der Waals surface area contributed by atoms with Crippen molar-refractivity contribution in [3.8, 4) is 0 Å². The molecule has 2 saturated heterocycles. The molecule has 4 N–H and O–H groups in total. The zero-order valence-electron chi connectivity index (χ0n) is 22.1. The molecule has 1 aromatic heterocycles. The van der Waals surface area contributed by atoms with E-state index in [1.165, 1.54) is 38.5 Å². The van der Waals surface area contributed by atoms with E-state index >= 15 is 0 Å². The van der Waals surface area contributed by atoms with Crippen LogP contribution in [0.15, 0.2) is 12.4 Å². The Balaban J connectivity index is 1.31. The smallest absolute Gasteiger partial charge is 0.223 e. The molecular weight excluding hydrogens is 436 g/mol. The number of rotatable bonds is 7. The van der Waals surface area contributed by atoms with Crippen LogP contribution in [0.5, 0.6) is 0 Å². The van der Waals surface area contributed by atoms with E-state index in [1.54, 1.807) is 0 Å². The van der Waals surface area contributed by atoms with Crippen molar-refractivity contribution >= 4 is 5.91 Å². The average Bonchev–Trinajstić information content (AvgIpc) is 3.64. The molecule has 7 heteroatoms. The Kier molecular flexibility index (Phi) is 7.73. The molecule has 0 bridgehead atoms. The maximum absolute atomic E-state index is 13.8. The van der Waals surface area contributed by atoms with Crippen LogP contribution in [0.25, 0.3) is 0 Å². The summed E-state index contributed by atoms with van der Waals surface area (Å²) in [6.45, 7) is 8.91. The number of piperidine rings is 2. The number of nitrogens with one attached hydrogen (secondary N) is 4. The lowest BCUT2D eigenvalue weighted by Gasteiger charge is -2.43. The summed E-state index contributed by atoms with van der Waals surface area (Å²) < 4.78 is 3.95. The summed E-state index contributed by atoms with van der Waals surface area (Å²) in [5.41, 5.74) is 0.548. The Labute approximate surface area is 211 Å². The normalized spacial score (nSPS) is 37.1. The lowest BCUT2D eigenvalue weighted by molar-refractivity contribution is -0.129. The minimum atomic E-state index is 0.0913. The molecule has 4 aliphatic rings. The summed E-state index contributed by atoms with van der Waals surface area (Å²) in [7, 11) is 1.94. The molecule has 4 fully saturated rings. The maximum atomic E-state index is 13.8. The zero-order valence-corrected chi connectivity index (χ0v) is 22.1. The molecule has 2 aliphatic carbocycles. The monoisotopic (exact) mass is 484 g/mol. The fraction of sp³-hybridized carbons (Fsp3) is 0.857. The first kappa shape index (κ1) is 25.1. The lowest BCUT2D eigenvalue weighted by Crippen LogP contribution is -2.55. The van der Waals surface area contributed by atoms with E-state index < -0.39 is 0 Å². The van der Waals surface area contributed by atoms with Gasteiger partial charge in [-0.2, -0.15) is 0 Å². The van der Waals surface area contributed by atoms with Gasteiger partial charge in [0.25, 0.3) is 0 Å². The van der Waals surface area contributed by atoms with Gasteiger partial charge in [-0.3, -0.25) is 10.2 Å². The number of nitrogens with zero attached hydrogens (tertiary/aromatic N) is 2. The van der Waals surface area contributed by atoms with E-state index in [1.807, 2.05) is 24.0 Å². The molecule has 8 unspecified atom stereocenters. The van der Waals surface area contributed by atoms with Crippen molar-refractivity contribution in [3.05, 3.63) is 18.0 Å². The van der Waals surface area contributed by atoms with Crippen LogP contribution < -0.4 is 21.6 Å². The molecule has 0 spiro atoms. The van der Waals surface area contributed by atoms with Gasteiger partial charge in [0, 0.05) is 44.0 Å². The molecule has 1 aromatic rings. The minimum Gasteiger partial charge on any atom is -0.351 e. The molecule has 0 aromatic carbocycles. The number of imidazole rings is 1. The van der Waals surface area contributed by atoms with E-state index in [2.05, 4.69) is 34.4 Å². The summed E-state index contributed by atoms with van der Waals surface area (Å²) in [5.74, 6) is 4.19. The third-order valence-electron chi connectivity index (χ3n) is 9.81. The Morgan fingerprint density at radius 1 is 1.11 bits per heavy atom. The summed E-state index contributed by atoms with van der Waals surface area (Å²) >= 11 is 0. The van der Waals surface area contributed by atoms with Crippen LogP contribution in [0, 0.1) is 46.8 Å². The Morgan fingerprint density at radius 3 is 2.63 bits per heavy atom. The third kappa shape index (κ3) is 5.87. The van der Waals surface area contributed by atoms with Crippen LogP contribution in [0.2, 0.25) is 0 Å². The molecule has 7 nitrogen and oxygen atoms in total. The van der Waals surface area contributed by atoms with Crippen molar-refractivity contribution in [2.45, 2.75) is 83.8 Å². The molecule has 35 heavy (non-hydrogen) atoms. The second-order valence-electron chi connectivity index (χ2n) is 12.6. The minimum absolute atomic E-state index is 0.0913. The quantitative estimate of drug-likeness (QED) is 0.480. The zero-order chi connectivity index (χ0) is 24.5. The van der Waals surface area contributed by atoms with Crippen LogP contribution >= 0.6 is 0 Å². The average molecular weight is 485 g/mol. The molecule has 2 aliphatic heterocycles. The van der Waals surface area contributed by atoms with Crippen molar-refractivity contribution in [1.29, 1.82) is 5.41 Å². The van der Waals surface area contributed by atoms with Crippen molar-refractivity contribution in [2.24, 2.45) is 48.5 Å². The number of hydrogen-bond donors (Lipinski definition) is 4. The maximum Gasteiger partial charge on any atom is 0.223 e. The lowest BCUT2D eigenvalue weighted by atomic mass is 9.66. The molecule has 2 saturated carbocycles. The van der Waals surface area contributed by atoms with Gasteiger partial charge >= 0.3 is 0 Å². The van der Waals surface area contributed by atoms with Crippen LogP contribution in [-0.2, 0) is 18.4 Å². The number of aromatic nitrogens is 2. The van der Waals surface area contributed by atoms with Crippen LogP contribution in [-0.4, -0.2) is 46.8 Å².